The van der Waals surface area contributed by atoms with Gasteiger partial charge in [0.1, 0.15) is 11.6 Å². The van der Waals surface area contributed by atoms with Gasteiger partial charge in [-0.1, -0.05) is 31.4 Å². The van der Waals surface area contributed by atoms with Crippen molar-refractivity contribution in [2.24, 2.45) is 11.8 Å². The molecule has 0 saturated heterocycles. The molecule has 1 saturated carbocycles. The summed E-state index contributed by atoms with van der Waals surface area (Å²) in [5.74, 6) is 3.92. The lowest BCUT2D eigenvalue weighted by molar-refractivity contribution is -0.118. The third-order valence-electron chi connectivity index (χ3n) is 6.64. The average molecular weight is 478 g/mol. The molecule has 2 heterocycles. The number of hydrogen-bond acceptors (Lipinski definition) is 6. The van der Waals surface area contributed by atoms with Crippen LogP contribution in [0, 0.1) is 11.8 Å². The first-order valence-electron chi connectivity index (χ1n) is 12.3. The third kappa shape index (κ3) is 6.92. The number of nitrogens with one attached hydrogen (secondary N) is 1. The van der Waals surface area contributed by atoms with Crippen molar-refractivity contribution in [1.82, 2.24) is 20.3 Å². The number of carbonyl (C=O) groups excluding carboxylic acids is 1. The number of nitrogens with zero attached hydrogens (tertiary/aromatic N) is 4. The van der Waals surface area contributed by atoms with Gasteiger partial charge in [0.2, 0.25) is 5.91 Å². The molecule has 1 fully saturated rings. The van der Waals surface area contributed by atoms with E-state index in [9.17, 15) is 4.79 Å². The van der Waals surface area contributed by atoms with Crippen LogP contribution in [0.15, 0.2) is 53.7 Å². The molecule has 1 aromatic carbocycles. The third-order valence-corrected chi connectivity index (χ3v) is 7.65. The van der Waals surface area contributed by atoms with E-state index >= 15 is 0 Å². The summed E-state index contributed by atoms with van der Waals surface area (Å²) in [5.41, 5.74) is 1.03. The number of anilines is 1. The Kier molecular flexibility index (Phi) is 8.74. The number of fused-ring (bicyclic) bond motifs is 1. The van der Waals surface area contributed by atoms with Crippen molar-refractivity contribution < 1.29 is 4.79 Å². The van der Waals surface area contributed by atoms with Crippen molar-refractivity contribution in [3.8, 4) is 0 Å². The molecule has 1 aliphatic rings. The van der Waals surface area contributed by atoms with Crippen LogP contribution in [0.5, 0.6) is 0 Å². The molecule has 2 aromatic heterocycles. The number of rotatable bonds is 10. The highest BCUT2D eigenvalue weighted by Gasteiger charge is 2.21. The van der Waals surface area contributed by atoms with Crippen LogP contribution in [0.25, 0.3) is 10.9 Å². The molecule has 0 aliphatic heterocycles. The molecule has 0 atom stereocenters. The Morgan fingerprint density at radius 2 is 1.76 bits per heavy atom. The molecule has 3 aromatic rings. The van der Waals surface area contributed by atoms with Gasteiger partial charge in [-0.3, -0.25) is 9.78 Å². The molecule has 0 spiro atoms. The van der Waals surface area contributed by atoms with Crippen LogP contribution in [0.2, 0.25) is 0 Å². The zero-order valence-corrected chi connectivity index (χ0v) is 21.1. The minimum Gasteiger partial charge on any atom is -0.362 e. The van der Waals surface area contributed by atoms with Crippen LogP contribution in [0.1, 0.15) is 44.3 Å². The molecule has 7 heteroatoms. The predicted octanol–water partition coefficient (Wildman–Crippen LogP) is 5.13. The van der Waals surface area contributed by atoms with E-state index in [1.807, 2.05) is 38.4 Å². The Labute approximate surface area is 207 Å². The lowest BCUT2D eigenvalue weighted by atomic mass is 9.80. The summed E-state index contributed by atoms with van der Waals surface area (Å²) in [6.07, 6.45) is 11.7. The Hall–Kier alpha value is -2.67. The Morgan fingerprint density at radius 1 is 1.03 bits per heavy atom. The molecule has 1 aliphatic carbocycles. The minimum atomic E-state index is 0.122. The van der Waals surface area contributed by atoms with E-state index in [0.717, 1.165) is 52.7 Å². The molecule has 6 nitrogen and oxygen atoms in total. The van der Waals surface area contributed by atoms with Crippen molar-refractivity contribution in [1.29, 1.82) is 0 Å². The van der Waals surface area contributed by atoms with E-state index < -0.39 is 0 Å². The molecular weight excluding hydrogens is 442 g/mol. The van der Waals surface area contributed by atoms with Crippen molar-refractivity contribution in [2.75, 3.05) is 31.3 Å². The number of pyridine rings is 1. The molecule has 180 valence electrons. The molecule has 0 radical (unpaired) electrons. The summed E-state index contributed by atoms with van der Waals surface area (Å²) in [7, 11) is 4.08. The van der Waals surface area contributed by atoms with Gasteiger partial charge in [0, 0.05) is 49.7 Å². The number of carbonyl (C=O) groups is 1. The fourth-order valence-electron chi connectivity index (χ4n) is 4.73. The topological polar surface area (TPSA) is 71.0 Å². The normalized spacial score (nSPS) is 18.1. The van der Waals surface area contributed by atoms with Crippen molar-refractivity contribution >= 4 is 34.4 Å². The number of benzene rings is 1. The highest BCUT2D eigenvalue weighted by atomic mass is 32.2. The van der Waals surface area contributed by atoms with Gasteiger partial charge in [-0.15, -0.1) is 11.8 Å². The number of para-hydroxylation sites is 1. The SMILES string of the molecule is CN(C)c1nc(CCCC2CCC(CNC(=O)CSc3ccncc3)CC2)nc2ccccc12. The highest BCUT2D eigenvalue weighted by Crippen LogP contribution is 2.32. The average Bonchev–Trinajstić information content (AvgIpc) is 2.87. The van der Waals surface area contributed by atoms with Crippen molar-refractivity contribution in [2.45, 2.75) is 49.8 Å². The van der Waals surface area contributed by atoms with Crippen LogP contribution >= 0.6 is 11.8 Å². The zero-order chi connectivity index (χ0) is 23.8. The summed E-state index contributed by atoms with van der Waals surface area (Å²) < 4.78 is 0. The second-order valence-corrected chi connectivity index (χ2v) is 10.5. The summed E-state index contributed by atoms with van der Waals surface area (Å²) in [6.45, 7) is 0.806. The smallest absolute Gasteiger partial charge is 0.230 e. The number of hydrogen-bond donors (Lipinski definition) is 1. The fourth-order valence-corrected chi connectivity index (χ4v) is 5.44. The van der Waals surface area contributed by atoms with Crippen LogP contribution in [-0.2, 0) is 11.2 Å². The predicted molar refractivity (Wildman–Crippen MR) is 140 cm³/mol. The minimum absolute atomic E-state index is 0.122. The largest absolute Gasteiger partial charge is 0.362 e. The Bertz CT molecular complexity index is 1070. The summed E-state index contributed by atoms with van der Waals surface area (Å²) in [6, 6.07) is 12.1. The number of aryl methyl sites for hydroxylation is 1. The first-order chi connectivity index (χ1) is 16.6. The second kappa shape index (κ2) is 12.2. The van der Waals surface area contributed by atoms with Gasteiger partial charge in [0.05, 0.1) is 11.3 Å². The number of amides is 1. The second-order valence-electron chi connectivity index (χ2n) is 9.43. The molecule has 0 bridgehead atoms. The molecule has 34 heavy (non-hydrogen) atoms. The highest BCUT2D eigenvalue weighted by molar-refractivity contribution is 8.00. The number of aromatic nitrogens is 3. The molecule has 0 unspecified atom stereocenters. The summed E-state index contributed by atoms with van der Waals surface area (Å²) in [4.78, 5) is 29.0. The van der Waals surface area contributed by atoms with Crippen molar-refractivity contribution in [3.63, 3.8) is 0 Å². The summed E-state index contributed by atoms with van der Waals surface area (Å²) >= 11 is 1.56. The van der Waals surface area contributed by atoms with E-state index in [4.69, 9.17) is 9.97 Å². The van der Waals surface area contributed by atoms with Gasteiger partial charge in [0.15, 0.2) is 0 Å². The van der Waals surface area contributed by atoms with Crippen molar-refractivity contribution in [3.05, 3.63) is 54.6 Å². The van der Waals surface area contributed by atoms with Gasteiger partial charge in [-0.05, 0) is 55.4 Å². The fraction of sp³-hybridized carbons (Fsp3) is 0.481. The molecular formula is C27H35N5OS. The maximum atomic E-state index is 12.2. The van der Waals surface area contributed by atoms with E-state index in [1.165, 1.54) is 32.1 Å². The number of thioether (sulfide) groups is 1. The zero-order valence-electron chi connectivity index (χ0n) is 20.2. The van der Waals surface area contributed by atoms with E-state index in [0.29, 0.717) is 11.7 Å². The van der Waals surface area contributed by atoms with Crippen LogP contribution in [-0.4, -0.2) is 47.3 Å². The Morgan fingerprint density at radius 3 is 2.53 bits per heavy atom. The van der Waals surface area contributed by atoms with E-state index in [1.54, 1.807) is 24.2 Å². The maximum absolute atomic E-state index is 12.2. The van der Waals surface area contributed by atoms with Gasteiger partial charge >= 0.3 is 0 Å². The first kappa shape index (κ1) is 24.5. The first-order valence-corrected chi connectivity index (χ1v) is 13.3. The van der Waals surface area contributed by atoms with Gasteiger partial charge in [-0.2, -0.15) is 0 Å². The lowest BCUT2D eigenvalue weighted by Crippen LogP contribution is -2.32. The van der Waals surface area contributed by atoms with E-state index in [2.05, 4.69) is 27.3 Å². The summed E-state index contributed by atoms with van der Waals surface area (Å²) in [5, 5.41) is 4.24. The maximum Gasteiger partial charge on any atom is 0.230 e. The monoisotopic (exact) mass is 477 g/mol. The van der Waals surface area contributed by atoms with E-state index in [-0.39, 0.29) is 5.91 Å². The lowest BCUT2D eigenvalue weighted by Gasteiger charge is -2.28. The van der Waals surface area contributed by atoms with Gasteiger partial charge < -0.3 is 10.2 Å². The van der Waals surface area contributed by atoms with Gasteiger partial charge in [-0.25, -0.2) is 9.97 Å². The molecule has 4 rings (SSSR count). The molecule has 1 amide bonds. The quantitative estimate of drug-likeness (QED) is 0.408. The standard InChI is InChI=1S/C27H35N5OS/c1-32(2)27-23-7-3-4-8-24(23)30-25(31-27)9-5-6-20-10-12-21(13-11-20)18-29-26(33)19-34-22-14-16-28-17-15-22/h3-4,7-8,14-17,20-21H,5-6,9-13,18-19H2,1-2H3,(H,29,33). The molecule has 1 N–H and O–H groups in total. The van der Waals surface area contributed by atoms with Gasteiger partial charge in [0.25, 0.3) is 0 Å². The van der Waals surface area contributed by atoms with Crippen LogP contribution in [0.4, 0.5) is 5.82 Å². The Balaban J connectivity index is 1.15. The van der Waals surface area contributed by atoms with Crippen LogP contribution < -0.4 is 10.2 Å². The van der Waals surface area contributed by atoms with Crippen LogP contribution in [0.3, 0.4) is 0 Å².